The van der Waals surface area contributed by atoms with Crippen molar-refractivity contribution in [3.63, 3.8) is 0 Å². The lowest BCUT2D eigenvalue weighted by molar-refractivity contribution is -0.161. The van der Waals surface area contributed by atoms with E-state index < -0.39 is 91.5 Å². The van der Waals surface area contributed by atoms with Gasteiger partial charge in [-0.25, -0.2) is 9.13 Å². The minimum Gasteiger partial charge on any atom is -0.463 e. The molecule has 0 aromatic heterocycles. The second kappa shape index (κ2) is 84.8. The van der Waals surface area contributed by atoms with Gasteiger partial charge in [0.1, 0.15) is 25.4 Å². The van der Waals surface area contributed by atoms with Gasteiger partial charge in [-0.3, -0.25) is 32.5 Å². The summed E-state index contributed by atoms with van der Waals surface area (Å²) in [6, 6.07) is 0. The summed E-state index contributed by atoms with van der Waals surface area (Å²) in [5, 5.41) is 20.7. The molecule has 0 aliphatic heterocycles. The largest absolute Gasteiger partial charge is 0.472 e. The first-order valence-electron chi connectivity index (χ1n) is 44.1. The number of rotatable bonds is 83. The number of carbonyl (C=O) groups is 3. The monoisotopic (exact) mass is 1600 g/mol. The smallest absolute Gasteiger partial charge is 0.463 e. The van der Waals surface area contributed by atoms with E-state index in [2.05, 4.69) is 167 Å². The van der Waals surface area contributed by atoms with Crippen LogP contribution in [0.25, 0.3) is 0 Å². The number of phosphoric acid groups is 2. The minimum absolute atomic E-state index is 0.0862. The molecule has 0 spiro atoms. The number of unbranched alkanes of at least 4 members (excludes halogenated alkanes) is 36. The van der Waals surface area contributed by atoms with Gasteiger partial charge < -0.3 is 34.2 Å². The van der Waals surface area contributed by atoms with Gasteiger partial charge in [-0.05, 0) is 148 Å². The van der Waals surface area contributed by atoms with Gasteiger partial charge in [0, 0.05) is 19.3 Å². The molecular formula is C93H160O16P2. The summed E-state index contributed by atoms with van der Waals surface area (Å²) >= 11 is 0. The lowest BCUT2D eigenvalue weighted by Crippen LogP contribution is -2.30. The third kappa shape index (κ3) is 86.1. The molecule has 638 valence electrons. The van der Waals surface area contributed by atoms with Crippen molar-refractivity contribution in [1.29, 1.82) is 0 Å². The van der Waals surface area contributed by atoms with Crippen molar-refractivity contribution in [2.24, 2.45) is 0 Å². The van der Waals surface area contributed by atoms with Crippen molar-refractivity contribution < 1.29 is 75.8 Å². The summed E-state index contributed by atoms with van der Waals surface area (Å²) < 4.78 is 61.4. The summed E-state index contributed by atoms with van der Waals surface area (Å²) in [6.07, 6.45) is 106. The molecular weight excluding hydrogens is 1430 g/mol. The Kier molecular flexibility index (Phi) is 81.3. The van der Waals surface area contributed by atoms with Gasteiger partial charge in [-0.15, -0.1) is 0 Å². The number of hydrogen-bond donors (Lipinski definition) is 4. The molecule has 0 rings (SSSR count). The molecule has 111 heavy (non-hydrogen) atoms. The van der Waals surface area contributed by atoms with Crippen LogP contribution in [-0.4, -0.2) is 95.9 Å². The molecule has 0 radical (unpaired) electrons. The molecule has 0 heterocycles. The van der Waals surface area contributed by atoms with Crippen molar-refractivity contribution in [3.05, 3.63) is 146 Å². The van der Waals surface area contributed by atoms with Gasteiger partial charge in [-0.1, -0.05) is 346 Å². The van der Waals surface area contributed by atoms with Crippen molar-refractivity contribution in [3.8, 4) is 0 Å². The van der Waals surface area contributed by atoms with Crippen molar-refractivity contribution in [1.82, 2.24) is 0 Å². The van der Waals surface area contributed by atoms with Crippen LogP contribution in [0.1, 0.15) is 367 Å². The van der Waals surface area contributed by atoms with Crippen LogP contribution in [0.4, 0.5) is 0 Å². The minimum atomic E-state index is -4.94. The highest BCUT2D eigenvalue weighted by atomic mass is 31.2. The second-order valence-corrected chi connectivity index (χ2v) is 32.2. The van der Waals surface area contributed by atoms with Gasteiger partial charge in [0.05, 0.1) is 26.4 Å². The van der Waals surface area contributed by atoms with E-state index in [4.69, 9.17) is 32.3 Å². The molecule has 4 N–H and O–H groups in total. The van der Waals surface area contributed by atoms with E-state index in [0.29, 0.717) is 19.3 Å². The van der Waals surface area contributed by atoms with Crippen LogP contribution in [0.2, 0.25) is 0 Å². The van der Waals surface area contributed by atoms with E-state index in [0.717, 1.165) is 161 Å². The summed E-state index contributed by atoms with van der Waals surface area (Å²) in [4.78, 5) is 58.9. The fourth-order valence-electron chi connectivity index (χ4n) is 11.8. The Hall–Kier alpha value is -4.57. The van der Waals surface area contributed by atoms with Gasteiger partial charge in [0.2, 0.25) is 0 Å². The van der Waals surface area contributed by atoms with Crippen LogP contribution in [0.5, 0.6) is 0 Å². The summed E-state index contributed by atoms with van der Waals surface area (Å²) in [5.41, 5.74) is 0. The van der Waals surface area contributed by atoms with Crippen molar-refractivity contribution >= 4 is 33.6 Å². The number of phosphoric ester groups is 2. The summed E-state index contributed by atoms with van der Waals surface area (Å²) in [6.45, 7) is 2.53. The lowest BCUT2D eigenvalue weighted by Gasteiger charge is -2.21. The summed E-state index contributed by atoms with van der Waals surface area (Å²) in [7, 11) is -9.81. The predicted molar refractivity (Wildman–Crippen MR) is 463 cm³/mol. The third-order valence-electron chi connectivity index (χ3n) is 18.5. The second-order valence-electron chi connectivity index (χ2n) is 29.3. The third-order valence-corrected chi connectivity index (χ3v) is 20.4. The topological polar surface area (TPSA) is 231 Å². The first kappa shape index (κ1) is 106. The van der Waals surface area contributed by atoms with E-state index in [1.165, 1.54) is 148 Å². The molecule has 0 saturated carbocycles. The highest BCUT2D eigenvalue weighted by molar-refractivity contribution is 7.47. The Balaban J connectivity index is 4.57. The highest BCUT2D eigenvalue weighted by Gasteiger charge is 2.29. The number of allylic oxidation sites excluding steroid dienone is 24. The number of esters is 3. The molecule has 0 aliphatic carbocycles. The molecule has 0 bridgehead atoms. The molecule has 0 aromatic carbocycles. The molecule has 5 atom stereocenters. The Bertz CT molecular complexity index is 2600. The number of ether oxygens (including phenoxy) is 3. The fraction of sp³-hybridized carbons (Fsp3) is 0.710. The molecule has 18 heteroatoms. The molecule has 16 nitrogen and oxygen atoms in total. The average Bonchev–Trinajstić information content (AvgIpc) is 0.895. The average molecular weight is 1600 g/mol. The van der Waals surface area contributed by atoms with Crippen molar-refractivity contribution in [2.45, 2.75) is 386 Å². The zero-order valence-electron chi connectivity index (χ0n) is 70.1. The predicted octanol–water partition coefficient (Wildman–Crippen LogP) is 26.8. The number of hydrogen-bond acceptors (Lipinski definition) is 14. The van der Waals surface area contributed by atoms with Crippen LogP contribution in [0.15, 0.2) is 146 Å². The number of carbonyl (C=O) groups excluding carboxylic acids is 3. The van der Waals surface area contributed by atoms with Crippen LogP contribution in [-0.2, 0) is 55.8 Å². The van der Waals surface area contributed by atoms with Crippen LogP contribution in [0.3, 0.4) is 0 Å². The Labute approximate surface area is 677 Å². The van der Waals surface area contributed by atoms with Crippen LogP contribution >= 0.6 is 15.6 Å². The quantitative estimate of drug-likeness (QED) is 0.0146. The zero-order chi connectivity index (χ0) is 80.8. The number of aliphatic hydroxyl groups is 2. The lowest BCUT2D eigenvalue weighted by atomic mass is 10.0. The number of aliphatic hydroxyl groups excluding tert-OH is 2. The van der Waals surface area contributed by atoms with Gasteiger partial charge >= 0.3 is 33.6 Å². The van der Waals surface area contributed by atoms with E-state index >= 15 is 0 Å². The van der Waals surface area contributed by atoms with Crippen LogP contribution < -0.4 is 0 Å². The first-order chi connectivity index (χ1) is 54.2. The maximum atomic E-state index is 13.0. The standard InChI is InChI=1S/C93H160O16P2/c1-4-7-10-13-16-19-22-25-28-31-34-36-38-40-41-42-43-44-45-47-49-50-53-55-58-61-64-67-70-73-76-79-91(96)103-82-88(94)83-105-110(99,100)106-84-89(95)85-107-111(101,102)108-87-90(109-93(98)81-78-75-72-69-66-63-60-57-52-33-30-27-24-21-18-15-12-9-6-3)86-104-92(97)80-77-74-71-68-65-62-59-56-54-51-48-46-39-37-35-32-29-26-23-20-17-14-11-8-5-2/h7,10,16-21,25-30,34-37,40-41,46,48,52,57,88-90,94-95H,4-6,8-9,11-15,22-24,31-33,38-39,42-45,47,49-51,53-56,58-87H2,1-3H3,(H,99,100)(H,101,102)/b10-7-,19-16-,20-17-,21-18-,28-25-,29-26-,30-27-,36-34-,37-35-,41-40-,48-46-,57-52-. The zero-order valence-corrected chi connectivity index (χ0v) is 71.9. The fourth-order valence-corrected chi connectivity index (χ4v) is 13.4. The first-order valence-corrected chi connectivity index (χ1v) is 47.1. The maximum absolute atomic E-state index is 13.0. The SMILES string of the molecule is CC/C=C\C/C=C\C/C=C\C/C=C\C/C=C\CCCCCCCCCCCCCCCCCC(=O)OCC(O)COP(=O)(O)OCC(O)COP(=O)(O)OCC(COC(=O)CCCCCCCCCCC/C=C\C/C=C\C/C=C\C/C=C\CCCCC)OC(=O)CCCCCCCC/C=C\C/C=C\C/C=C\CCCCC. The highest BCUT2D eigenvalue weighted by Crippen LogP contribution is 2.45. The van der Waals surface area contributed by atoms with Gasteiger partial charge in [-0.2, -0.15) is 0 Å². The normalized spacial score (nSPS) is 14.5. The van der Waals surface area contributed by atoms with E-state index in [1.54, 1.807) is 0 Å². The van der Waals surface area contributed by atoms with E-state index in [9.17, 15) is 43.5 Å². The Morgan fingerprint density at radius 1 is 0.261 bits per heavy atom. The summed E-state index contributed by atoms with van der Waals surface area (Å²) in [5.74, 6) is -1.59. The van der Waals surface area contributed by atoms with Gasteiger partial charge in [0.25, 0.3) is 0 Å². The maximum Gasteiger partial charge on any atom is 0.472 e. The Morgan fingerprint density at radius 3 is 0.757 bits per heavy atom. The Morgan fingerprint density at radius 2 is 0.477 bits per heavy atom. The van der Waals surface area contributed by atoms with E-state index in [-0.39, 0.29) is 19.3 Å². The van der Waals surface area contributed by atoms with Crippen molar-refractivity contribution in [2.75, 3.05) is 39.6 Å². The van der Waals surface area contributed by atoms with Crippen LogP contribution in [0, 0.1) is 0 Å². The molecule has 0 fully saturated rings. The van der Waals surface area contributed by atoms with Gasteiger partial charge in [0.15, 0.2) is 6.10 Å². The molecule has 0 amide bonds. The molecule has 0 aliphatic rings. The molecule has 0 saturated heterocycles. The molecule has 5 unspecified atom stereocenters. The molecule has 0 aromatic rings. The van der Waals surface area contributed by atoms with E-state index in [1.807, 2.05) is 0 Å².